The number of rotatable bonds is 12. The molecule has 0 spiro atoms. The van der Waals surface area contributed by atoms with Crippen molar-refractivity contribution in [3.8, 4) is 0 Å². The molecule has 2 saturated heterocycles. The van der Waals surface area contributed by atoms with Crippen LogP contribution in [0.15, 0.2) is 35.8 Å². The highest BCUT2D eigenvalue weighted by Gasteiger charge is 2.31. The largest absolute Gasteiger partial charge is 0.372 e. The Hall–Kier alpha value is -2.52. The molecule has 3 heterocycles. The fourth-order valence-electron chi connectivity index (χ4n) is 5.98. The van der Waals surface area contributed by atoms with Crippen LogP contribution < -0.4 is 21.3 Å². The fraction of sp³-hybridized carbons (Fsp3) is 0.704. The summed E-state index contributed by atoms with van der Waals surface area (Å²) in [6.07, 6.45) is 13.2. The standard InChI is InChI=1S/C27H45N7O2/c1-22(30-12-4-6-24(8-13-29-21-35)33-19-14-28-15-20-33)32-16-10-25(11-17-32)34-18-9-23-5-2-3-7-26(23)31-27(34)36/h2,5,21,24-25,28,30H,1,3-4,6-20H2,(H,29,35)(H,31,36). The van der Waals surface area contributed by atoms with Crippen molar-refractivity contribution in [3.05, 3.63) is 35.8 Å². The van der Waals surface area contributed by atoms with Gasteiger partial charge in [-0.1, -0.05) is 18.7 Å². The van der Waals surface area contributed by atoms with E-state index in [4.69, 9.17) is 0 Å². The Kier molecular flexibility index (Phi) is 10.1. The first-order valence-corrected chi connectivity index (χ1v) is 13.9. The minimum Gasteiger partial charge on any atom is -0.372 e. The first-order chi connectivity index (χ1) is 17.7. The van der Waals surface area contributed by atoms with Crippen molar-refractivity contribution in [1.82, 2.24) is 36.0 Å². The predicted octanol–water partition coefficient (Wildman–Crippen LogP) is 1.72. The Balaban J connectivity index is 1.16. The summed E-state index contributed by atoms with van der Waals surface area (Å²) in [5, 5.41) is 13.0. The van der Waals surface area contributed by atoms with Gasteiger partial charge in [-0.25, -0.2) is 4.79 Å². The predicted molar refractivity (Wildman–Crippen MR) is 143 cm³/mol. The van der Waals surface area contributed by atoms with E-state index in [0.717, 1.165) is 128 Å². The Morgan fingerprint density at radius 2 is 1.92 bits per heavy atom. The number of likely N-dealkylation sites (tertiary alicyclic amines) is 1. The topological polar surface area (TPSA) is 92.0 Å². The molecule has 3 amide bonds. The van der Waals surface area contributed by atoms with Gasteiger partial charge in [0, 0.05) is 76.7 Å². The molecular formula is C27H45N7O2. The molecule has 2 fully saturated rings. The van der Waals surface area contributed by atoms with Crippen molar-refractivity contribution in [2.24, 2.45) is 0 Å². The molecule has 0 radical (unpaired) electrons. The molecule has 200 valence electrons. The summed E-state index contributed by atoms with van der Waals surface area (Å²) in [6.45, 7) is 12.8. The van der Waals surface area contributed by atoms with E-state index in [2.05, 4.69) is 54.7 Å². The highest BCUT2D eigenvalue weighted by atomic mass is 16.2. The van der Waals surface area contributed by atoms with Gasteiger partial charge in [0.05, 0.1) is 5.82 Å². The first kappa shape index (κ1) is 26.5. The number of allylic oxidation sites excluding steroid dienone is 3. The van der Waals surface area contributed by atoms with Gasteiger partial charge in [-0.2, -0.15) is 0 Å². The Labute approximate surface area is 216 Å². The van der Waals surface area contributed by atoms with Crippen LogP contribution in [0.2, 0.25) is 0 Å². The van der Waals surface area contributed by atoms with E-state index in [9.17, 15) is 9.59 Å². The van der Waals surface area contributed by atoms with Crippen molar-refractivity contribution >= 4 is 12.4 Å². The third kappa shape index (κ3) is 7.26. The molecule has 4 rings (SSSR count). The van der Waals surface area contributed by atoms with Crippen LogP contribution in [0.3, 0.4) is 0 Å². The average Bonchev–Trinajstić information content (AvgIpc) is 3.08. The van der Waals surface area contributed by atoms with Crippen molar-refractivity contribution in [3.63, 3.8) is 0 Å². The van der Waals surface area contributed by atoms with Crippen molar-refractivity contribution in [2.45, 2.75) is 63.5 Å². The normalized spacial score (nSPS) is 22.5. The maximum Gasteiger partial charge on any atom is 0.321 e. The number of carbonyl (C=O) groups is 2. The van der Waals surface area contributed by atoms with E-state index in [1.54, 1.807) is 0 Å². The summed E-state index contributed by atoms with van der Waals surface area (Å²) in [6, 6.07) is 0.869. The second kappa shape index (κ2) is 13.7. The molecule has 4 N–H and O–H groups in total. The van der Waals surface area contributed by atoms with Crippen LogP contribution >= 0.6 is 0 Å². The third-order valence-corrected chi connectivity index (χ3v) is 8.11. The number of amides is 3. The molecule has 0 aromatic rings. The van der Waals surface area contributed by atoms with Gasteiger partial charge in [-0.15, -0.1) is 0 Å². The van der Waals surface area contributed by atoms with Gasteiger partial charge in [0.15, 0.2) is 0 Å². The molecular weight excluding hydrogens is 454 g/mol. The maximum absolute atomic E-state index is 12.9. The van der Waals surface area contributed by atoms with Gasteiger partial charge >= 0.3 is 6.03 Å². The molecule has 3 aliphatic heterocycles. The summed E-state index contributed by atoms with van der Waals surface area (Å²) in [4.78, 5) is 30.5. The summed E-state index contributed by atoms with van der Waals surface area (Å²) in [5.41, 5.74) is 2.42. The van der Waals surface area contributed by atoms with Gasteiger partial charge in [-0.05, 0) is 56.9 Å². The van der Waals surface area contributed by atoms with Gasteiger partial charge < -0.3 is 31.1 Å². The summed E-state index contributed by atoms with van der Waals surface area (Å²) in [5.74, 6) is 0.998. The maximum atomic E-state index is 12.9. The molecule has 0 saturated carbocycles. The van der Waals surface area contributed by atoms with Crippen molar-refractivity contribution in [2.75, 3.05) is 58.9 Å². The van der Waals surface area contributed by atoms with E-state index in [1.165, 1.54) is 5.57 Å². The van der Waals surface area contributed by atoms with E-state index in [-0.39, 0.29) is 6.03 Å². The first-order valence-electron chi connectivity index (χ1n) is 13.9. The summed E-state index contributed by atoms with van der Waals surface area (Å²) >= 11 is 0. The number of urea groups is 1. The average molecular weight is 500 g/mol. The van der Waals surface area contributed by atoms with Crippen LogP contribution in [0.25, 0.3) is 0 Å². The van der Waals surface area contributed by atoms with Gasteiger partial charge in [0.25, 0.3) is 0 Å². The lowest BCUT2D eigenvalue weighted by atomic mass is 10.00. The summed E-state index contributed by atoms with van der Waals surface area (Å²) in [7, 11) is 0. The Morgan fingerprint density at radius 3 is 2.69 bits per heavy atom. The second-order valence-corrected chi connectivity index (χ2v) is 10.4. The molecule has 36 heavy (non-hydrogen) atoms. The van der Waals surface area contributed by atoms with Crippen LogP contribution in [0.1, 0.15) is 51.4 Å². The van der Waals surface area contributed by atoms with E-state index < -0.39 is 0 Å². The van der Waals surface area contributed by atoms with Crippen molar-refractivity contribution in [1.29, 1.82) is 0 Å². The van der Waals surface area contributed by atoms with Crippen LogP contribution in [-0.4, -0.2) is 98.1 Å². The lowest BCUT2D eigenvalue weighted by molar-refractivity contribution is -0.109. The number of carbonyl (C=O) groups excluding carboxylic acids is 2. The monoisotopic (exact) mass is 499 g/mol. The van der Waals surface area contributed by atoms with Gasteiger partial charge in [0.2, 0.25) is 6.41 Å². The van der Waals surface area contributed by atoms with Gasteiger partial charge in [0.1, 0.15) is 0 Å². The minimum absolute atomic E-state index is 0.0769. The molecule has 1 aliphatic carbocycles. The SMILES string of the molecule is C=C(NCCCC(CCNC=O)N1CCNCC1)N1CCC(N2CCC3=C(CCC=C3)NC2=O)CC1. The van der Waals surface area contributed by atoms with E-state index in [1.807, 2.05) is 0 Å². The number of hydrogen-bond acceptors (Lipinski definition) is 6. The highest BCUT2D eigenvalue weighted by Crippen LogP contribution is 2.26. The second-order valence-electron chi connectivity index (χ2n) is 10.4. The Morgan fingerprint density at radius 1 is 1.11 bits per heavy atom. The van der Waals surface area contributed by atoms with Crippen LogP contribution in [0.4, 0.5) is 4.79 Å². The van der Waals surface area contributed by atoms with Crippen molar-refractivity contribution < 1.29 is 9.59 Å². The zero-order valence-corrected chi connectivity index (χ0v) is 21.8. The zero-order valence-electron chi connectivity index (χ0n) is 21.8. The van der Waals surface area contributed by atoms with Crippen LogP contribution in [-0.2, 0) is 4.79 Å². The highest BCUT2D eigenvalue weighted by molar-refractivity contribution is 5.77. The minimum atomic E-state index is 0.0769. The Bertz CT molecular complexity index is 813. The zero-order chi connectivity index (χ0) is 25.2. The number of nitrogens with one attached hydrogen (secondary N) is 4. The lowest BCUT2D eigenvalue weighted by Gasteiger charge is -2.39. The lowest BCUT2D eigenvalue weighted by Crippen LogP contribution is -2.50. The quantitative estimate of drug-likeness (QED) is 0.241. The van der Waals surface area contributed by atoms with E-state index >= 15 is 0 Å². The third-order valence-electron chi connectivity index (χ3n) is 8.11. The molecule has 4 aliphatic rings. The number of piperazine rings is 1. The number of piperidine rings is 1. The molecule has 9 nitrogen and oxygen atoms in total. The van der Waals surface area contributed by atoms with E-state index in [0.29, 0.717) is 12.1 Å². The molecule has 1 atom stereocenters. The molecule has 1 unspecified atom stereocenters. The van der Waals surface area contributed by atoms with Crippen LogP contribution in [0, 0.1) is 0 Å². The molecule has 9 heteroatoms. The molecule has 0 bridgehead atoms. The number of hydrogen-bond donors (Lipinski definition) is 4. The van der Waals surface area contributed by atoms with Gasteiger partial charge in [-0.3, -0.25) is 9.69 Å². The molecule has 0 aromatic heterocycles. The number of nitrogens with zero attached hydrogens (tertiary/aromatic N) is 3. The fourth-order valence-corrected chi connectivity index (χ4v) is 5.98. The van der Waals surface area contributed by atoms with Crippen LogP contribution in [0.5, 0.6) is 0 Å². The molecule has 0 aromatic carbocycles. The summed E-state index contributed by atoms with van der Waals surface area (Å²) < 4.78 is 0. The smallest absolute Gasteiger partial charge is 0.321 e.